The van der Waals surface area contributed by atoms with Gasteiger partial charge < -0.3 is 14.6 Å². The summed E-state index contributed by atoms with van der Waals surface area (Å²) in [6, 6.07) is 9.05. The average molecular weight is 323 g/mol. The molecule has 0 aliphatic rings. The molecule has 0 saturated heterocycles. The number of aromatic nitrogens is 1. The minimum absolute atomic E-state index is 0.127. The number of halogens is 1. The molecule has 0 bridgehead atoms. The number of nitrogens with zero attached hydrogens (tertiary/aromatic N) is 1. The quantitative estimate of drug-likeness (QED) is 0.935. The molecular formula is C14H15BrN2O2. The summed E-state index contributed by atoms with van der Waals surface area (Å²) >= 11 is 3.38. The Bertz CT molecular complexity index is 576. The third-order valence-corrected chi connectivity index (χ3v) is 3.22. The maximum Gasteiger partial charge on any atom is 0.272 e. The first-order chi connectivity index (χ1) is 9.13. The Labute approximate surface area is 120 Å². The highest BCUT2D eigenvalue weighted by Crippen LogP contribution is 2.18. The number of hydrogen-bond acceptors (Lipinski definition) is 2. The van der Waals surface area contributed by atoms with E-state index in [1.54, 1.807) is 7.11 Å². The largest absolute Gasteiger partial charge is 0.497 e. The van der Waals surface area contributed by atoms with Gasteiger partial charge in [-0.15, -0.1) is 0 Å². The van der Waals surface area contributed by atoms with E-state index in [1.807, 2.05) is 48.0 Å². The number of amides is 1. The van der Waals surface area contributed by atoms with E-state index in [0.29, 0.717) is 5.69 Å². The molecule has 1 aromatic heterocycles. The normalized spacial score (nSPS) is 10.3. The average Bonchev–Trinajstić information content (AvgIpc) is 2.81. The number of aryl methyl sites for hydroxylation is 1. The van der Waals surface area contributed by atoms with Crippen molar-refractivity contribution in [2.75, 3.05) is 12.4 Å². The number of benzene rings is 1. The second kappa shape index (κ2) is 5.93. The Morgan fingerprint density at radius 1 is 1.37 bits per heavy atom. The predicted octanol–water partition coefficient (Wildman–Crippen LogP) is 3.53. The summed E-state index contributed by atoms with van der Waals surface area (Å²) in [5.41, 5.74) is 1.37. The summed E-state index contributed by atoms with van der Waals surface area (Å²) in [6.45, 7) is 2.74. The maximum absolute atomic E-state index is 12.2. The predicted molar refractivity (Wildman–Crippen MR) is 78.8 cm³/mol. The highest BCUT2D eigenvalue weighted by molar-refractivity contribution is 9.10. The van der Waals surface area contributed by atoms with Gasteiger partial charge in [0.05, 0.1) is 7.11 Å². The number of nitrogens with one attached hydrogen (secondary N) is 1. The summed E-state index contributed by atoms with van der Waals surface area (Å²) in [4.78, 5) is 12.2. The summed E-state index contributed by atoms with van der Waals surface area (Å²) in [6.07, 6.45) is 1.89. The van der Waals surface area contributed by atoms with Gasteiger partial charge in [0.25, 0.3) is 5.91 Å². The Morgan fingerprint density at radius 2 is 2.05 bits per heavy atom. The number of anilines is 1. The summed E-state index contributed by atoms with van der Waals surface area (Å²) in [5.74, 6) is 0.635. The van der Waals surface area contributed by atoms with Crippen LogP contribution in [0.4, 0.5) is 5.69 Å². The highest BCUT2D eigenvalue weighted by atomic mass is 79.9. The zero-order valence-corrected chi connectivity index (χ0v) is 12.4. The fourth-order valence-electron chi connectivity index (χ4n) is 1.80. The lowest BCUT2D eigenvalue weighted by Gasteiger charge is -2.08. The lowest BCUT2D eigenvalue weighted by Crippen LogP contribution is -2.16. The van der Waals surface area contributed by atoms with Gasteiger partial charge in [0.1, 0.15) is 11.4 Å². The van der Waals surface area contributed by atoms with Gasteiger partial charge in [0, 0.05) is 22.9 Å². The standard InChI is InChI=1S/C14H15BrN2O2/c1-3-17-9-10(15)8-13(17)14(18)16-11-4-6-12(19-2)7-5-11/h4-9H,3H2,1-2H3,(H,16,18). The molecule has 1 aromatic carbocycles. The molecule has 0 atom stereocenters. The molecule has 0 aliphatic heterocycles. The van der Waals surface area contributed by atoms with Crippen LogP contribution in [-0.2, 0) is 6.54 Å². The zero-order valence-electron chi connectivity index (χ0n) is 10.8. The second-order valence-corrected chi connectivity index (χ2v) is 4.93. The van der Waals surface area contributed by atoms with Gasteiger partial charge in [0.2, 0.25) is 0 Å². The maximum atomic E-state index is 12.2. The fraction of sp³-hybridized carbons (Fsp3) is 0.214. The van der Waals surface area contributed by atoms with E-state index >= 15 is 0 Å². The zero-order chi connectivity index (χ0) is 13.8. The molecule has 0 fully saturated rings. The van der Waals surface area contributed by atoms with Crippen molar-refractivity contribution in [2.24, 2.45) is 0 Å². The lowest BCUT2D eigenvalue weighted by atomic mass is 10.3. The van der Waals surface area contributed by atoms with Crippen LogP contribution >= 0.6 is 15.9 Å². The Balaban J connectivity index is 2.15. The van der Waals surface area contributed by atoms with E-state index in [0.717, 1.165) is 22.5 Å². The molecule has 0 unspecified atom stereocenters. The van der Waals surface area contributed by atoms with Crippen molar-refractivity contribution < 1.29 is 9.53 Å². The van der Waals surface area contributed by atoms with Gasteiger partial charge in [-0.3, -0.25) is 4.79 Å². The summed E-state index contributed by atoms with van der Waals surface area (Å²) in [5, 5.41) is 2.86. The number of hydrogen-bond donors (Lipinski definition) is 1. The topological polar surface area (TPSA) is 43.3 Å². The van der Waals surface area contributed by atoms with Crippen molar-refractivity contribution in [3.8, 4) is 5.75 Å². The molecule has 4 nitrogen and oxygen atoms in total. The van der Waals surface area contributed by atoms with Crippen LogP contribution in [0.25, 0.3) is 0 Å². The number of ether oxygens (including phenoxy) is 1. The Kier molecular flexibility index (Phi) is 4.27. The van der Waals surface area contributed by atoms with Crippen LogP contribution in [0.15, 0.2) is 41.0 Å². The van der Waals surface area contributed by atoms with Crippen molar-refractivity contribution in [3.05, 3.63) is 46.7 Å². The number of methoxy groups -OCH3 is 1. The van der Waals surface area contributed by atoms with Gasteiger partial charge >= 0.3 is 0 Å². The fourth-order valence-corrected chi connectivity index (χ4v) is 2.26. The van der Waals surface area contributed by atoms with Crippen molar-refractivity contribution in [2.45, 2.75) is 13.5 Å². The van der Waals surface area contributed by atoms with Crippen LogP contribution in [0.2, 0.25) is 0 Å². The molecule has 2 rings (SSSR count). The first kappa shape index (κ1) is 13.7. The third kappa shape index (κ3) is 3.17. The molecule has 5 heteroatoms. The van der Waals surface area contributed by atoms with Gasteiger partial charge in [-0.2, -0.15) is 0 Å². The summed E-state index contributed by atoms with van der Waals surface area (Å²) in [7, 11) is 1.61. The van der Waals surface area contributed by atoms with Crippen LogP contribution in [0.3, 0.4) is 0 Å². The molecule has 0 radical (unpaired) electrons. The van der Waals surface area contributed by atoms with Crippen molar-refractivity contribution in [1.82, 2.24) is 4.57 Å². The van der Waals surface area contributed by atoms with Crippen molar-refractivity contribution >= 4 is 27.5 Å². The Hall–Kier alpha value is -1.75. The molecule has 19 heavy (non-hydrogen) atoms. The molecule has 1 N–H and O–H groups in total. The van der Waals surface area contributed by atoms with E-state index in [2.05, 4.69) is 21.2 Å². The van der Waals surface area contributed by atoms with Crippen LogP contribution < -0.4 is 10.1 Å². The molecule has 0 saturated carbocycles. The van der Waals surface area contributed by atoms with E-state index in [1.165, 1.54) is 0 Å². The number of carbonyl (C=O) groups is 1. The smallest absolute Gasteiger partial charge is 0.272 e. The van der Waals surface area contributed by atoms with Crippen LogP contribution in [0.1, 0.15) is 17.4 Å². The monoisotopic (exact) mass is 322 g/mol. The lowest BCUT2D eigenvalue weighted by molar-refractivity contribution is 0.101. The molecule has 0 spiro atoms. The third-order valence-electron chi connectivity index (χ3n) is 2.78. The highest BCUT2D eigenvalue weighted by Gasteiger charge is 2.12. The van der Waals surface area contributed by atoms with Crippen molar-refractivity contribution in [1.29, 1.82) is 0 Å². The van der Waals surface area contributed by atoms with Gasteiger partial charge in [-0.25, -0.2) is 0 Å². The molecular weight excluding hydrogens is 308 g/mol. The molecule has 0 aliphatic carbocycles. The minimum atomic E-state index is -0.127. The first-order valence-corrected chi connectivity index (χ1v) is 6.74. The first-order valence-electron chi connectivity index (χ1n) is 5.95. The summed E-state index contributed by atoms with van der Waals surface area (Å²) < 4.78 is 7.86. The second-order valence-electron chi connectivity index (χ2n) is 4.01. The SMILES string of the molecule is CCn1cc(Br)cc1C(=O)Nc1ccc(OC)cc1. The van der Waals surface area contributed by atoms with E-state index in [4.69, 9.17) is 4.74 Å². The van der Waals surface area contributed by atoms with E-state index < -0.39 is 0 Å². The molecule has 100 valence electrons. The van der Waals surface area contributed by atoms with Gasteiger partial charge in [-0.05, 0) is 53.2 Å². The van der Waals surface area contributed by atoms with Gasteiger partial charge in [0.15, 0.2) is 0 Å². The molecule has 2 aromatic rings. The molecule has 1 amide bonds. The van der Waals surface area contributed by atoms with E-state index in [-0.39, 0.29) is 5.91 Å². The van der Waals surface area contributed by atoms with Crippen molar-refractivity contribution in [3.63, 3.8) is 0 Å². The number of carbonyl (C=O) groups excluding carboxylic acids is 1. The minimum Gasteiger partial charge on any atom is -0.497 e. The number of rotatable bonds is 4. The van der Waals surface area contributed by atoms with Crippen LogP contribution in [0, 0.1) is 0 Å². The Morgan fingerprint density at radius 3 is 2.63 bits per heavy atom. The van der Waals surface area contributed by atoms with Crippen LogP contribution in [-0.4, -0.2) is 17.6 Å². The van der Waals surface area contributed by atoms with Gasteiger partial charge in [-0.1, -0.05) is 0 Å². The van der Waals surface area contributed by atoms with E-state index in [9.17, 15) is 4.79 Å². The van der Waals surface area contributed by atoms with Crippen LogP contribution in [0.5, 0.6) is 5.75 Å². The molecule has 1 heterocycles.